The van der Waals surface area contributed by atoms with Crippen LogP contribution in [0.1, 0.15) is 26.3 Å². The number of piperazine rings is 1. The first-order valence-corrected chi connectivity index (χ1v) is 11.1. The average Bonchev–Trinajstić information content (AvgIpc) is 2.81. The minimum absolute atomic E-state index is 0.0838. The molecule has 1 saturated heterocycles. The highest BCUT2D eigenvalue weighted by molar-refractivity contribution is 6.44. The molecule has 0 bridgehead atoms. The van der Waals surface area contributed by atoms with E-state index in [1.807, 2.05) is 60.4 Å². The number of carbonyl (C=O) groups is 2. The zero-order valence-electron chi connectivity index (χ0n) is 17.6. The second-order valence-corrected chi connectivity index (χ2v) is 8.48. The summed E-state index contributed by atoms with van der Waals surface area (Å²) < 4.78 is 0. The smallest absolute Gasteiger partial charge is 0.257 e. The molecule has 1 N–H and O–H groups in total. The molecule has 7 heteroatoms. The molecule has 2 amide bonds. The first kappa shape index (κ1) is 22.2. The molecule has 1 fully saturated rings. The lowest BCUT2D eigenvalue weighted by Gasteiger charge is -2.36. The molecule has 164 valence electrons. The summed E-state index contributed by atoms with van der Waals surface area (Å²) in [6, 6.07) is 20.3. The third-order valence-electron chi connectivity index (χ3n) is 5.63. The molecule has 1 aliphatic rings. The number of rotatable bonds is 4. The van der Waals surface area contributed by atoms with Gasteiger partial charge in [-0.05, 0) is 55.0 Å². The van der Waals surface area contributed by atoms with E-state index in [2.05, 4.69) is 10.2 Å². The number of carbonyl (C=O) groups excluding carboxylic acids is 2. The van der Waals surface area contributed by atoms with Crippen LogP contribution in [-0.4, -0.2) is 42.9 Å². The average molecular weight is 468 g/mol. The normalized spacial score (nSPS) is 13.7. The molecule has 0 aromatic heterocycles. The van der Waals surface area contributed by atoms with Gasteiger partial charge in [-0.1, -0.05) is 47.5 Å². The van der Waals surface area contributed by atoms with Crippen molar-refractivity contribution in [3.8, 4) is 0 Å². The molecule has 0 radical (unpaired) electrons. The molecule has 0 atom stereocenters. The Kier molecular flexibility index (Phi) is 6.68. The Morgan fingerprint density at radius 1 is 0.812 bits per heavy atom. The lowest BCUT2D eigenvalue weighted by Crippen LogP contribution is -2.48. The fraction of sp³-hybridized carbons (Fsp3) is 0.200. The quantitative estimate of drug-likeness (QED) is 0.549. The van der Waals surface area contributed by atoms with Crippen molar-refractivity contribution in [3.63, 3.8) is 0 Å². The number of amides is 2. The fourth-order valence-electron chi connectivity index (χ4n) is 3.78. The van der Waals surface area contributed by atoms with Crippen LogP contribution in [0.15, 0.2) is 66.7 Å². The van der Waals surface area contributed by atoms with Gasteiger partial charge in [0.25, 0.3) is 11.8 Å². The van der Waals surface area contributed by atoms with E-state index < -0.39 is 0 Å². The van der Waals surface area contributed by atoms with Gasteiger partial charge >= 0.3 is 0 Å². The van der Waals surface area contributed by atoms with Crippen molar-refractivity contribution in [2.75, 3.05) is 36.4 Å². The highest BCUT2D eigenvalue weighted by atomic mass is 35.5. The van der Waals surface area contributed by atoms with Crippen LogP contribution in [0.3, 0.4) is 0 Å². The summed E-state index contributed by atoms with van der Waals surface area (Å²) in [6.45, 7) is 4.80. The summed E-state index contributed by atoms with van der Waals surface area (Å²) in [7, 11) is 0. The summed E-state index contributed by atoms with van der Waals surface area (Å²) in [6.07, 6.45) is 0. The largest absolute Gasteiger partial charge is 0.368 e. The van der Waals surface area contributed by atoms with Crippen LogP contribution in [-0.2, 0) is 0 Å². The summed E-state index contributed by atoms with van der Waals surface area (Å²) in [4.78, 5) is 29.5. The van der Waals surface area contributed by atoms with Gasteiger partial charge in [-0.25, -0.2) is 0 Å². The molecule has 1 aliphatic heterocycles. The lowest BCUT2D eigenvalue weighted by atomic mass is 10.1. The fourth-order valence-corrected chi connectivity index (χ4v) is 4.17. The van der Waals surface area contributed by atoms with Crippen LogP contribution < -0.4 is 10.2 Å². The molecular formula is C25H23Cl2N3O2. The number of nitrogens with zero attached hydrogens (tertiary/aromatic N) is 2. The third kappa shape index (κ3) is 4.74. The van der Waals surface area contributed by atoms with E-state index in [0.717, 1.165) is 29.9 Å². The van der Waals surface area contributed by atoms with E-state index in [-0.39, 0.29) is 16.8 Å². The van der Waals surface area contributed by atoms with Gasteiger partial charge in [-0.15, -0.1) is 0 Å². The molecule has 0 saturated carbocycles. The van der Waals surface area contributed by atoms with Crippen LogP contribution in [0.4, 0.5) is 11.4 Å². The van der Waals surface area contributed by atoms with Crippen molar-refractivity contribution in [1.82, 2.24) is 4.90 Å². The van der Waals surface area contributed by atoms with Crippen LogP contribution >= 0.6 is 23.2 Å². The van der Waals surface area contributed by atoms with E-state index in [0.29, 0.717) is 29.4 Å². The first-order valence-electron chi connectivity index (χ1n) is 10.4. The molecule has 5 nitrogen and oxygen atoms in total. The van der Waals surface area contributed by atoms with E-state index in [9.17, 15) is 9.59 Å². The van der Waals surface area contributed by atoms with E-state index >= 15 is 0 Å². The van der Waals surface area contributed by atoms with Gasteiger partial charge in [0, 0.05) is 43.1 Å². The van der Waals surface area contributed by atoms with Gasteiger partial charge in [-0.3, -0.25) is 9.59 Å². The number of halogens is 2. The van der Waals surface area contributed by atoms with Crippen molar-refractivity contribution < 1.29 is 9.59 Å². The minimum atomic E-state index is -0.311. The van der Waals surface area contributed by atoms with Crippen LogP contribution in [0.2, 0.25) is 10.0 Å². The van der Waals surface area contributed by atoms with Gasteiger partial charge in [0.15, 0.2) is 0 Å². The van der Waals surface area contributed by atoms with Gasteiger partial charge < -0.3 is 15.1 Å². The number of hydrogen-bond acceptors (Lipinski definition) is 3. The van der Waals surface area contributed by atoms with E-state index in [1.54, 1.807) is 18.2 Å². The van der Waals surface area contributed by atoms with Gasteiger partial charge in [-0.2, -0.15) is 0 Å². The Labute approximate surface area is 197 Å². The second kappa shape index (κ2) is 9.63. The number of benzene rings is 3. The maximum atomic E-state index is 12.8. The maximum Gasteiger partial charge on any atom is 0.257 e. The second-order valence-electron chi connectivity index (χ2n) is 7.70. The number of nitrogens with one attached hydrogen (secondary N) is 1. The van der Waals surface area contributed by atoms with Crippen molar-refractivity contribution in [2.24, 2.45) is 0 Å². The van der Waals surface area contributed by atoms with Gasteiger partial charge in [0.2, 0.25) is 0 Å². The summed E-state index contributed by atoms with van der Waals surface area (Å²) >= 11 is 12.1. The monoisotopic (exact) mass is 467 g/mol. The molecule has 4 rings (SSSR count). The Hall–Kier alpha value is -3.02. The Balaban J connectivity index is 1.36. The highest BCUT2D eigenvalue weighted by Gasteiger charge is 2.23. The summed E-state index contributed by atoms with van der Waals surface area (Å²) in [5.74, 6) is -0.228. The van der Waals surface area contributed by atoms with E-state index in [4.69, 9.17) is 23.2 Å². The van der Waals surface area contributed by atoms with Crippen molar-refractivity contribution in [1.29, 1.82) is 0 Å². The number of aryl methyl sites for hydroxylation is 1. The SMILES string of the molecule is Cc1ccccc1C(=O)N1CCN(c2ccc(NC(=O)c3cccc(Cl)c3Cl)cc2)CC1. The molecular weight excluding hydrogens is 445 g/mol. The molecule has 0 spiro atoms. The standard InChI is InChI=1S/C25H23Cl2N3O2/c1-17-5-2-3-6-20(17)25(32)30-15-13-29(14-16-30)19-11-9-18(10-12-19)28-24(31)21-7-4-8-22(26)23(21)27/h2-12H,13-16H2,1H3,(H,28,31). The zero-order chi connectivity index (χ0) is 22.7. The summed E-state index contributed by atoms with van der Waals surface area (Å²) in [5, 5.41) is 3.43. The number of hydrogen-bond donors (Lipinski definition) is 1. The Morgan fingerprint density at radius 2 is 1.47 bits per heavy atom. The molecule has 3 aromatic carbocycles. The van der Waals surface area contributed by atoms with Crippen molar-refractivity contribution >= 4 is 46.4 Å². The lowest BCUT2D eigenvalue weighted by molar-refractivity contribution is 0.0746. The van der Waals surface area contributed by atoms with Gasteiger partial charge in [0.05, 0.1) is 15.6 Å². The molecule has 0 aliphatic carbocycles. The molecule has 32 heavy (non-hydrogen) atoms. The highest BCUT2D eigenvalue weighted by Crippen LogP contribution is 2.27. The van der Waals surface area contributed by atoms with Crippen LogP contribution in [0, 0.1) is 6.92 Å². The topological polar surface area (TPSA) is 52.7 Å². The Bertz CT molecular complexity index is 1140. The van der Waals surface area contributed by atoms with Gasteiger partial charge in [0.1, 0.15) is 0 Å². The zero-order valence-corrected chi connectivity index (χ0v) is 19.2. The van der Waals surface area contributed by atoms with Crippen molar-refractivity contribution in [2.45, 2.75) is 6.92 Å². The molecule has 0 unspecified atom stereocenters. The van der Waals surface area contributed by atoms with Crippen molar-refractivity contribution in [3.05, 3.63) is 93.5 Å². The maximum absolute atomic E-state index is 12.8. The summed E-state index contributed by atoms with van der Waals surface area (Å²) in [5.41, 5.74) is 3.81. The van der Waals surface area contributed by atoms with E-state index in [1.165, 1.54) is 0 Å². The Morgan fingerprint density at radius 3 is 2.16 bits per heavy atom. The minimum Gasteiger partial charge on any atom is -0.368 e. The molecule has 1 heterocycles. The predicted molar refractivity (Wildman–Crippen MR) is 130 cm³/mol. The third-order valence-corrected chi connectivity index (χ3v) is 6.45. The number of anilines is 2. The van der Waals surface area contributed by atoms with Crippen LogP contribution in [0.5, 0.6) is 0 Å². The first-order chi connectivity index (χ1) is 15.4. The van der Waals surface area contributed by atoms with Crippen LogP contribution in [0.25, 0.3) is 0 Å². The predicted octanol–water partition coefficient (Wildman–Crippen LogP) is 5.52. The molecule has 3 aromatic rings.